The second-order valence-corrected chi connectivity index (χ2v) is 5.49. The Morgan fingerprint density at radius 1 is 1.22 bits per heavy atom. The zero-order valence-electron chi connectivity index (χ0n) is 10.3. The van der Waals surface area contributed by atoms with E-state index < -0.39 is 11.6 Å². The summed E-state index contributed by atoms with van der Waals surface area (Å²) in [5.41, 5.74) is 0.461. The van der Waals surface area contributed by atoms with Crippen molar-refractivity contribution in [3.63, 3.8) is 0 Å². The first-order valence-corrected chi connectivity index (χ1v) is 7.57. The van der Waals surface area contributed by atoms with Crippen LogP contribution >= 0.6 is 15.9 Å². The summed E-state index contributed by atoms with van der Waals surface area (Å²) in [6, 6.07) is 4.85. The van der Waals surface area contributed by atoms with E-state index in [9.17, 15) is 8.78 Å². The summed E-state index contributed by atoms with van der Waals surface area (Å²) >= 11 is 3.52. The van der Waals surface area contributed by atoms with Crippen LogP contribution in [0.3, 0.4) is 0 Å². The quantitative estimate of drug-likeness (QED) is 0.758. The normalized spacial score (nSPS) is 21.8. The molecular formula is C14H18BrF2N. The zero-order chi connectivity index (χ0) is 13.0. The average molecular weight is 318 g/mol. The molecular weight excluding hydrogens is 300 g/mol. The molecule has 0 aliphatic carbocycles. The monoisotopic (exact) mass is 317 g/mol. The van der Waals surface area contributed by atoms with Crippen LogP contribution in [0, 0.1) is 11.6 Å². The first-order chi connectivity index (χ1) is 8.72. The van der Waals surface area contributed by atoms with Gasteiger partial charge in [0.25, 0.3) is 0 Å². The molecule has 1 atom stereocenters. The molecule has 1 unspecified atom stereocenters. The summed E-state index contributed by atoms with van der Waals surface area (Å²) in [7, 11) is 0. The lowest BCUT2D eigenvalue weighted by molar-refractivity contribution is 0.206. The Hall–Kier alpha value is -0.480. The van der Waals surface area contributed by atoms with E-state index in [4.69, 9.17) is 0 Å². The summed E-state index contributed by atoms with van der Waals surface area (Å²) in [4.78, 5) is 2.26. The van der Waals surface area contributed by atoms with Crippen LogP contribution in [0.15, 0.2) is 18.2 Å². The van der Waals surface area contributed by atoms with Crippen LogP contribution in [0.25, 0.3) is 0 Å². The molecule has 1 nitrogen and oxygen atoms in total. The Morgan fingerprint density at radius 2 is 2.06 bits per heavy atom. The van der Waals surface area contributed by atoms with Gasteiger partial charge in [0.1, 0.15) is 0 Å². The van der Waals surface area contributed by atoms with Gasteiger partial charge in [0, 0.05) is 23.5 Å². The maximum atomic E-state index is 13.7. The van der Waals surface area contributed by atoms with Crippen LogP contribution in [-0.4, -0.2) is 22.8 Å². The number of hydrogen-bond acceptors (Lipinski definition) is 1. The fraction of sp³-hybridized carbons (Fsp3) is 0.571. The number of halogens is 3. The Morgan fingerprint density at radius 3 is 2.83 bits per heavy atom. The van der Waals surface area contributed by atoms with Crippen molar-refractivity contribution in [2.24, 2.45) is 0 Å². The van der Waals surface area contributed by atoms with Crippen LogP contribution in [0.5, 0.6) is 0 Å². The topological polar surface area (TPSA) is 3.24 Å². The molecule has 0 amide bonds. The number of likely N-dealkylation sites (tertiary alicyclic amines) is 1. The largest absolute Gasteiger partial charge is 0.295 e. The third kappa shape index (κ3) is 3.29. The van der Waals surface area contributed by atoms with Crippen molar-refractivity contribution >= 4 is 15.9 Å². The first-order valence-electron chi connectivity index (χ1n) is 6.45. The summed E-state index contributed by atoms with van der Waals surface area (Å²) in [5.74, 6) is -1.45. The Balaban J connectivity index is 2.12. The maximum Gasteiger partial charge on any atom is 0.163 e. The van der Waals surface area contributed by atoms with Gasteiger partial charge in [-0.3, -0.25) is 4.90 Å². The minimum atomic E-state index is -0.752. The molecule has 1 saturated heterocycles. The summed E-state index contributed by atoms with van der Waals surface area (Å²) in [6.45, 7) is 1.46. The molecule has 0 bridgehead atoms. The average Bonchev–Trinajstić information content (AvgIpc) is 2.60. The van der Waals surface area contributed by atoms with Crippen LogP contribution < -0.4 is 0 Å². The van der Waals surface area contributed by atoms with Gasteiger partial charge in [0.05, 0.1) is 0 Å². The zero-order valence-corrected chi connectivity index (χ0v) is 11.9. The van der Waals surface area contributed by atoms with Gasteiger partial charge in [-0.15, -0.1) is 0 Å². The minimum absolute atomic E-state index is 0.426. The molecule has 100 valence electrons. The van der Waals surface area contributed by atoms with Crippen LogP contribution in [0.1, 0.15) is 31.2 Å². The van der Waals surface area contributed by atoms with Gasteiger partial charge in [-0.1, -0.05) is 40.9 Å². The summed E-state index contributed by atoms with van der Waals surface area (Å²) in [5, 5.41) is 0.893. The standard InChI is InChI=1S/C14H18BrF2N/c15-9-12-6-2-1-3-8-18(12)10-11-5-4-7-13(16)14(11)17/h4-5,7,12H,1-3,6,8-10H2. The van der Waals surface area contributed by atoms with Gasteiger partial charge >= 0.3 is 0 Å². The number of hydrogen-bond donors (Lipinski definition) is 0. The van der Waals surface area contributed by atoms with Crippen molar-refractivity contribution in [2.45, 2.75) is 38.3 Å². The highest BCUT2D eigenvalue weighted by Crippen LogP contribution is 2.22. The van der Waals surface area contributed by atoms with Gasteiger partial charge in [-0.2, -0.15) is 0 Å². The molecule has 1 aliphatic rings. The van der Waals surface area contributed by atoms with Gasteiger partial charge in [0.2, 0.25) is 0 Å². The molecule has 1 aliphatic heterocycles. The third-order valence-corrected chi connectivity index (χ3v) is 4.33. The lowest BCUT2D eigenvalue weighted by Crippen LogP contribution is -2.35. The first kappa shape index (κ1) is 13.9. The van der Waals surface area contributed by atoms with Crippen LogP contribution in [-0.2, 0) is 6.54 Å². The molecule has 0 N–H and O–H groups in total. The molecule has 1 fully saturated rings. The Labute approximate surface area is 115 Å². The third-order valence-electron chi connectivity index (χ3n) is 3.58. The van der Waals surface area contributed by atoms with Crippen molar-refractivity contribution in [1.82, 2.24) is 4.90 Å². The predicted octanol–water partition coefficient (Wildman–Crippen LogP) is 4.10. The fourth-order valence-electron chi connectivity index (χ4n) is 2.51. The minimum Gasteiger partial charge on any atom is -0.295 e. The van der Waals surface area contributed by atoms with E-state index in [1.165, 1.54) is 18.9 Å². The highest BCUT2D eigenvalue weighted by Gasteiger charge is 2.21. The molecule has 1 heterocycles. The molecule has 0 spiro atoms. The molecule has 2 rings (SSSR count). The number of nitrogens with zero attached hydrogens (tertiary/aromatic N) is 1. The number of alkyl halides is 1. The van der Waals surface area contributed by atoms with E-state index in [-0.39, 0.29) is 0 Å². The molecule has 18 heavy (non-hydrogen) atoms. The van der Waals surface area contributed by atoms with Gasteiger partial charge in [-0.05, 0) is 25.5 Å². The lowest BCUT2D eigenvalue weighted by atomic mass is 10.1. The van der Waals surface area contributed by atoms with E-state index in [0.29, 0.717) is 18.2 Å². The van der Waals surface area contributed by atoms with Crippen LogP contribution in [0.4, 0.5) is 8.78 Å². The lowest BCUT2D eigenvalue weighted by Gasteiger charge is -2.28. The highest BCUT2D eigenvalue weighted by molar-refractivity contribution is 9.09. The summed E-state index contributed by atoms with van der Waals surface area (Å²) in [6.07, 6.45) is 4.71. The van der Waals surface area contributed by atoms with Gasteiger partial charge < -0.3 is 0 Å². The van der Waals surface area contributed by atoms with Crippen molar-refractivity contribution < 1.29 is 8.78 Å². The van der Waals surface area contributed by atoms with Gasteiger partial charge in [0.15, 0.2) is 11.6 Å². The van der Waals surface area contributed by atoms with E-state index >= 15 is 0 Å². The van der Waals surface area contributed by atoms with Crippen molar-refractivity contribution in [3.05, 3.63) is 35.4 Å². The van der Waals surface area contributed by atoms with Crippen molar-refractivity contribution in [3.8, 4) is 0 Å². The summed E-state index contributed by atoms with van der Waals surface area (Å²) < 4.78 is 26.9. The smallest absolute Gasteiger partial charge is 0.163 e. The molecule has 1 aromatic rings. The molecule has 4 heteroatoms. The van der Waals surface area contributed by atoms with E-state index in [0.717, 1.165) is 24.7 Å². The van der Waals surface area contributed by atoms with E-state index in [1.807, 2.05) is 0 Å². The SMILES string of the molecule is Fc1cccc(CN2CCCCCC2CBr)c1F. The van der Waals surface area contributed by atoms with E-state index in [1.54, 1.807) is 12.1 Å². The van der Waals surface area contributed by atoms with Crippen molar-refractivity contribution in [1.29, 1.82) is 0 Å². The maximum absolute atomic E-state index is 13.7. The molecule has 0 saturated carbocycles. The second-order valence-electron chi connectivity index (χ2n) is 4.84. The Bertz CT molecular complexity index is 397. The highest BCUT2D eigenvalue weighted by atomic mass is 79.9. The number of rotatable bonds is 3. The van der Waals surface area contributed by atoms with E-state index in [2.05, 4.69) is 20.8 Å². The number of benzene rings is 1. The van der Waals surface area contributed by atoms with Crippen LogP contribution in [0.2, 0.25) is 0 Å². The second kappa shape index (κ2) is 6.62. The fourth-order valence-corrected chi connectivity index (χ4v) is 3.24. The van der Waals surface area contributed by atoms with Crippen molar-refractivity contribution in [2.75, 3.05) is 11.9 Å². The van der Waals surface area contributed by atoms with Gasteiger partial charge in [-0.25, -0.2) is 8.78 Å². The molecule has 0 radical (unpaired) electrons. The Kier molecular flexibility index (Phi) is 5.13. The predicted molar refractivity (Wildman–Crippen MR) is 72.8 cm³/mol. The molecule has 1 aromatic carbocycles. The molecule has 0 aromatic heterocycles.